The van der Waals surface area contributed by atoms with Crippen LogP contribution in [0, 0.1) is 15.2 Å². The normalized spacial score (nSPS) is 11.7. The molecule has 0 amide bonds. The number of nitrogen functional groups attached to an aromatic ring is 1. The molecule has 2 rings (SSSR count). The summed E-state index contributed by atoms with van der Waals surface area (Å²) in [4.78, 5) is 8.73. The summed E-state index contributed by atoms with van der Waals surface area (Å²) < 4.78 is 27.3. The number of rotatable bonds is 2. The number of nitrogens with two attached hydrogens (primary N) is 1. The molecule has 6 heteroatoms. The van der Waals surface area contributed by atoms with E-state index < -0.39 is 11.6 Å². The molecule has 0 aliphatic rings. The van der Waals surface area contributed by atoms with Crippen LogP contribution in [-0.2, 0) is 11.8 Å². The predicted octanol–water partition coefficient (Wildman–Crippen LogP) is 3.83. The van der Waals surface area contributed by atoms with Crippen LogP contribution in [0.25, 0.3) is 0 Å². The van der Waals surface area contributed by atoms with Crippen molar-refractivity contribution in [2.45, 2.75) is 32.6 Å². The highest BCUT2D eigenvalue weighted by molar-refractivity contribution is 14.1. The van der Waals surface area contributed by atoms with Gasteiger partial charge < -0.3 is 5.73 Å². The lowest BCUT2D eigenvalue weighted by atomic mass is 9.92. The van der Waals surface area contributed by atoms with Gasteiger partial charge in [0.05, 0.1) is 9.26 Å². The van der Waals surface area contributed by atoms with Crippen LogP contribution >= 0.6 is 22.6 Å². The average Bonchev–Trinajstić information content (AvgIpc) is 2.30. The Morgan fingerprint density at radius 1 is 1.10 bits per heavy atom. The van der Waals surface area contributed by atoms with Gasteiger partial charge in [0.2, 0.25) is 0 Å². The first-order chi connectivity index (χ1) is 9.66. The van der Waals surface area contributed by atoms with Crippen molar-refractivity contribution in [2.24, 2.45) is 0 Å². The SMILES string of the molecule is CC(C)(C)c1nc(Cc2cc(F)cc(F)c2)nc(N)c1I. The molecular weight excluding hydrogens is 387 g/mol. The fourth-order valence-electron chi connectivity index (χ4n) is 1.98. The predicted molar refractivity (Wildman–Crippen MR) is 87.0 cm³/mol. The number of hydrogen-bond acceptors (Lipinski definition) is 3. The van der Waals surface area contributed by atoms with Crippen LogP contribution < -0.4 is 5.73 Å². The molecule has 0 saturated heterocycles. The number of nitrogens with zero attached hydrogens (tertiary/aromatic N) is 2. The zero-order chi connectivity index (χ0) is 15.8. The van der Waals surface area contributed by atoms with E-state index in [1.807, 2.05) is 20.8 Å². The molecule has 0 spiro atoms. The second-order valence-corrected chi connectivity index (χ2v) is 6.97. The van der Waals surface area contributed by atoms with Gasteiger partial charge in [-0.15, -0.1) is 0 Å². The summed E-state index contributed by atoms with van der Waals surface area (Å²) in [6.45, 7) is 6.09. The van der Waals surface area contributed by atoms with Crippen LogP contribution in [-0.4, -0.2) is 9.97 Å². The first-order valence-corrected chi connectivity index (χ1v) is 7.52. The van der Waals surface area contributed by atoms with Crippen molar-refractivity contribution >= 4 is 28.4 Å². The van der Waals surface area contributed by atoms with Gasteiger partial charge in [0.25, 0.3) is 0 Å². The molecule has 0 aliphatic heterocycles. The van der Waals surface area contributed by atoms with E-state index in [4.69, 9.17) is 5.73 Å². The third kappa shape index (κ3) is 3.87. The molecule has 0 unspecified atom stereocenters. The molecule has 112 valence electrons. The Morgan fingerprint density at radius 2 is 1.67 bits per heavy atom. The molecule has 0 bridgehead atoms. The summed E-state index contributed by atoms with van der Waals surface area (Å²) in [7, 11) is 0. The molecule has 2 N–H and O–H groups in total. The molecule has 0 fully saturated rings. The molecule has 2 aromatic rings. The van der Waals surface area contributed by atoms with Gasteiger partial charge in [-0.3, -0.25) is 0 Å². The van der Waals surface area contributed by atoms with Gasteiger partial charge >= 0.3 is 0 Å². The fraction of sp³-hybridized carbons (Fsp3) is 0.333. The van der Waals surface area contributed by atoms with Crippen molar-refractivity contribution in [3.05, 3.63) is 50.5 Å². The Morgan fingerprint density at radius 3 is 2.19 bits per heavy atom. The zero-order valence-electron chi connectivity index (χ0n) is 12.0. The maximum Gasteiger partial charge on any atom is 0.140 e. The van der Waals surface area contributed by atoms with E-state index in [2.05, 4.69) is 32.6 Å². The van der Waals surface area contributed by atoms with E-state index in [0.717, 1.165) is 15.3 Å². The van der Waals surface area contributed by atoms with Gasteiger partial charge in [-0.25, -0.2) is 18.7 Å². The fourth-order valence-corrected chi connectivity index (χ4v) is 3.03. The van der Waals surface area contributed by atoms with Crippen molar-refractivity contribution in [1.82, 2.24) is 9.97 Å². The summed E-state index contributed by atoms with van der Waals surface area (Å²) in [6, 6.07) is 3.39. The van der Waals surface area contributed by atoms with Crippen LogP contribution in [0.4, 0.5) is 14.6 Å². The molecule has 3 nitrogen and oxygen atoms in total. The summed E-state index contributed by atoms with van der Waals surface area (Å²) in [5.41, 5.74) is 7.06. The minimum absolute atomic E-state index is 0.185. The third-order valence-electron chi connectivity index (χ3n) is 2.92. The van der Waals surface area contributed by atoms with Crippen molar-refractivity contribution in [3.8, 4) is 0 Å². The quantitative estimate of drug-likeness (QED) is 0.776. The maximum absolute atomic E-state index is 13.2. The average molecular weight is 403 g/mol. The van der Waals surface area contributed by atoms with Crippen LogP contribution in [0.15, 0.2) is 18.2 Å². The molecule has 21 heavy (non-hydrogen) atoms. The topological polar surface area (TPSA) is 51.8 Å². The lowest BCUT2D eigenvalue weighted by Crippen LogP contribution is -2.19. The van der Waals surface area contributed by atoms with E-state index >= 15 is 0 Å². The van der Waals surface area contributed by atoms with Gasteiger partial charge in [-0.2, -0.15) is 0 Å². The first kappa shape index (κ1) is 16.1. The van der Waals surface area contributed by atoms with Crippen molar-refractivity contribution in [3.63, 3.8) is 0 Å². The highest BCUT2D eigenvalue weighted by Gasteiger charge is 2.22. The highest BCUT2D eigenvalue weighted by atomic mass is 127. The van der Waals surface area contributed by atoms with Gasteiger partial charge in [-0.05, 0) is 40.3 Å². The molecular formula is C15H16F2IN3. The van der Waals surface area contributed by atoms with E-state index in [1.54, 1.807) is 0 Å². The largest absolute Gasteiger partial charge is 0.383 e. The summed E-state index contributed by atoms with van der Waals surface area (Å²) in [5.74, 6) is -0.371. The van der Waals surface area contributed by atoms with Crippen LogP contribution in [0.1, 0.15) is 37.9 Å². The number of aromatic nitrogens is 2. The molecule has 0 aliphatic carbocycles. The Labute approximate surface area is 136 Å². The molecule has 1 aromatic carbocycles. The van der Waals surface area contributed by atoms with Gasteiger partial charge in [0.15, 0.2) is 0 Å². The Hall–Kier alpha value is -1.31. The maximum atomic E-state index is 13.2. The molecule has 1 heterocycles. The monoisotopic (exact) mass is 403 g/mol. The summed E-state index contributed by atoms with van der Waals surface area (Å²) in [6.07, 6.45) is 0.235. The van der Waals surface area contributed by atoms with E-state index in [-0.39, 0.29) is 11.8 Å². The standard InChI is InChI=1S/C15H16F2IN3/c1-15(2,3)13-12(18)14(19)21-11(20-13)6-8-4-9(16)7-10(17)5-8/h4-5,7H,6H2,1-3H3,(H2,19,20,21). The second kappa shape index (κ2) is 5.82. The van der Waals surface area contributed by atoms with Gasteiger partial charge in [-0.1, -0.05) is 20.8 Å². The second-order valence-electron chi connectivity index (χ2n) is 5.89. The number of halogens is 3. The molecule has 0 saturated carbocycles. The van der Waals surface area contributed by atoms with Crippen molar-refractivity contribution in [2.75, 3.05) is 5.73 Å². The molecule has 0 atom stereocenters. The summed E-state index contributed by atoms with van der Waals surface area (Å²) >= 11 is 2.12. The van der Waals surface area contributed by atoms with Crippen LogP contribution in [0.3, 0.4) is 0 Å². The molecule has 1 aromatic heterocycles. The van der Waals surface area contributed by atoms with Gasteiger partial charge in [0, 0.05) is 17.9 Å². The third-order valence-corrected chi connectivity index (χ3v) is 3.98. The van der Waals surface area contributed by atoms with Crippen LogP contribution in [0.5, 0.6) is 0 Å². The number of benzene rings is 1. The summed E-state index contributed by atoms with van der Waals surface area (Å²) in [5, 5.41) is 0. The lowest BCUT2D eigenvalue weighted by Gasteiger charge is -2.21. The number of hydrogen-bond donors (Lipinski definition) is 1. The zero-order valence-corrected chi connectivity index (χ0v) is 14.2. The number of anilines is 1. The van der Waals surface area contributed by atoms with E-state index in [0.29, 0.717) is 17.2 Å². The lowest BCUT2D eigenvalue weighted by molar-refractivity contribution is 0.558. The minimum atomic E-state index is -0.612. The van der Waals surface area contributed by atoms with Crippen molar-refractivity contribution in [1.29, 1.82) is 0 Å². The van der Waals surface area contributed by atoms with Gasteiger partial charge in [0.1, 0.15) is 23.3 Å². The highest BCUT2D eigenvalue weighted by Crippen LogP contribution is 2.28. The molecule has 0 radical (unpaired) electrons. The smallest absolute Gasteiger partial charge is 0.140 e. The Kier molecular flexibility index (Phi) is 4.46. The van der Waals surface area contributed by atoms with E-state index in [1.165, 1.54) is 12.1 Å². The first-order valence-electron chi connectivity index (χ1n) is 6.44. The minimum Gasteiger partial charge on any atom is -0.383 e. The van der Waals surface area contributed by atoms with Crippen LogP contribution in [0.2, 0.25) is 0 Å². The van der Waals surface area contributed by atoms with Crippen molar-refractivity contribution < 1.29 is 8.78 Å². The van der Waals surface area contributed by atoms with E-state index in [9.17, 15) is 8.78 Å². The Bertz CT molecular complexity index is 661. The Balaban J connectivity index is 2.43.